The van der Waals surface area contributed by atoms with Gasteiger partial charge < -0.3 is 10.1 Å². The number of amides is 1. The number of hydrogen-bond acceptors (Lipinski definition) is 4. The first kappa shape index (κ1) is 15.5. The van der Waals surface area contributed by atoms with Crippen molar-refractivity contribution in [2.45, 2.75) is 33.2 Å². The molecule has 1 aliphatic heterocycles. The smallest absolute Gasteiger partial charge is 0.226 e. The van der Waals surface area contributed by atoms with Gasteiger partial charge in [-0.15, -0.1) is 0 Å². The molecular weight excluding hydrogens is 292 g/mol. The summed E-state index contributed by atoms with van der Waals surface area (Å²) in [5, 5.41) is 7.31. The molecule has 122 valence electrons. The van der Waals surface area contributed by atoms with Gasteiger partial charge in [0, 0.05) is 13.1 Å². The third kappa shape index (κ3) is 3.70. The van der Waals surface area contributed by atoms with Gasteiger partial charge in [-0.1, -0.05) is 18.2 Å². The lowest BCUT2D eigenvalue weighted by Gasteiger charge is -2.24. The van der Waals surface area contributed by atoms with Gasteiger partial charge in [-0.25, -0.2) is 4.98 Å². The van der Waals surface area contributed by atoms with Gasteiger partial charge >= 0.3 is 0 Å². The third-order valence-corrected chi connectivity index (χ3v) is 4.06. The Morgan fingerprint density at radius 1 is 1.39 bits per heavy atom. The monoisotopic (exact) mass is 314 g/mol. The van der Waals surface area contributed by atoms with Crippen LogP contribution in [0.15, 0.2) is 24.3 Å². The molecule has 3 rings (SSSR count). The molecule has 1 N–H and O–H groups in total. The molecular formula is C17H22N4O2. The molecule has 0 saturated carbocycles. The van der Waals surface area contributed by atoms with Crippen molar-refractivity contribution in [1.82, 2.24) is 20.1 Å². The largest absolute Gasteiger partial charge is 0.492 e. The summed E-state index contributed by atoms with van der Waals surface area (Å²) in [6.07, 6.45) is 1.57. The Morgan fingerprint density at radius 3 is 3.00 bits per heavy atom. The molecule has 0 bridgehead atoms. The molecule has 2 heterocycles. The van der Waals surface area contributed by atoms with Gasteiger partial charge in [0.05, 0.1) is 5.92 Å². The average Bonchev–Trinajstić information content (AvgIpc) is 2.88. The van der Waals surface area contributed by atoms with E-state index in [2.05, 4.69) is 15.4 Å². The maximum absolute atomic E-state index is 12.3. The fraction of sp³-hybridized carbons (Fsp3) is 0.471. The molecule has 6 heteroatoms. The van der Waals surface area contributed by atoms with Gasteiger partial charge in [-0.05, 0) is 38.3 Å². The summed E-state index contributed by atoms with van der Waals surface area (Å²) >= 11 is 0. The van der Waals surface area contributed by atoms with E-state index in [9.17, 15) is 4.79 Å². The Labute approximate surface area is 135 Å². The highest BCUT2D eigenvalue weighted by Crippen LogP contribution is 2.26. The molecule has 0 fully saturated rings. The van der Waals surface area contributed by atoms with Crippen LogP contribution in [0, 0.1) is 19.8 Å². The first-order valence-electron chi connectivity index (χ1n) is 8.00. The van der Waals surface area contributed by atoms with Crippen LogP contribution >= 0.6 is 0 Å². The number of carbonyl (C=O) groups is 1. The van der Waals surface area contributed by atoms with E-state index in [0.717, 1.165) is 42.3 Å². The standard InChI is InChI=1S/C17H22N4O2/c1-12-19-13(2)21(20-12)9-5-8-18-17(22)15-10-14-6-3-4-7-16(14)23-11-15/h3-4,6-7,15H,5,8-11H2,1-2H3,(H,18,22). The first-order chi connectivity index (χ1) is 11.1. The lowest BCUT2D eigenvalue weighted by molar-refractivity contribution is -0.126. The summed E-state index contributed by atoms with van der Waals surface area (Å²) in [7, 11) is 0. The van der Waals surface area contributed by atoms with Crippen LogP contribution < -0.4 is 10.1 Å². The molecule has 1 aromatic carbocycles. The predicted molar refractivity (Wildman–Crippen MR) is 86.3 cm³/mol. The molecule has 0 radical (unpaired) electrons. The van der Waals surface area contributed by atoms with Crippen LogP contribution in [0.25, 0.3) is 0 Å². The lowest BCUT2D eigenvalue weighted by Crippen LogP contribution is -2.38. The molecule has 1 aliphatic rings. The fourth-order valence-corrected chi connectivity index (χ4v) is 2.85. The van der Waals surface area contributed by atoms with Gasteiger partial charge in [0.25, 0.3) is 0 Å². The van der Waals surface area contributed by atoms with Gasteiger partial charge in [-0.2, -0.15) is 5.10 Å². The quantitative estimate of drug-likeness (QED) is 0.852. The van der Waals surface area contributed by atoms with Gasteiger partial charge in [-0.3, -0.25) is 9.48 Å². The van der Waals surface area contributed by atoms with Crippen LogP contribution in [-0.2, 0) is 17.8 Å². The second kappa shape index (κ2) is 6.81. The zero-order valence-corrected chi connectivity index (χ0v) is 13.6. The van der Waals surface area contributed by atoms with Gasteiger partial charge in [0.1, 0.15) is 24.0 Å². The molecule has 1 aromatic heterocycles. The van der Waals surface area contributed by atoms with E-state index >= 15 is 0 Å². The number of rotatable bonds is 5. The molecule has 2 aromatic rings. The van der Waals surface area contributed by atoms with Crippen LogP contribution in [0.3, 0.4) is 0 Å². The first-order valence-corrected chi connectivity index (χ1v) is 8.00. The molecule has 0 saturated heterocycles. The van der Waals surface area contributed by atoms with Crippen LogP contribution in [0.5, 0.6) is 5.75 Å². The highest BCUT2D eigenvalue weighted by Gasteiger charge is 2.25. The third-order valence-electron chi connectivity index (χ3n) is 4.06. The van der Waals surface area contributed by atoms with Gasteiger partial charge in [0.2, 0.25) is 5.91 Å². The Hall–Kier alpha value is -2.37. The lowest BCUT2D eigenvalue weighted by atomic mass is 9.96. The minimum absolute atomic E-state index is 0.0611. The Bertz CT molecular complexity index is 696. The number of para-hydroxylation sites is 1. The van der Waals surface area contributed by atoms with Crippen molar-refractivity contribution < 1.29 is 9.53 Å². The molecule has 0 spiro atoms. The summed E-state index contributed by atoms with van der Waals surface area (Å²) in [5.41, 5.74) is 1.10. The van der Waals surface area contributed by atoms with Crippen molar-refractivity contribution in [2.24, 2.45) is 5.92 Å². The van der Waals surface area contributed by atoms with Crippen LogP contribution in [0.2, 0.25) is 0 Å². The summed E-state index contributed by atoms with van der Waals surface area (Å²) in [6, 6.07) is 7.90. The number of nitrogens with one attached hydrogen (secondary N) is 1. The Kier molecular flexibility index (Phi) is 4.60. The molecule has 1 atom stereocenters. The maximum atomic E-state index is 12.3. The topological polar surface area (TPSA) is 69.0 Å². The predicted octanol–water partition coefficient (Wildman–Crippen LogP) is 1.65. The van der Waals surface area contributed by atoms with Crippen molar-refractivity contribution in [1.29, 1.82) is 0 Å². The highest BCUT2D eigenvalue weighted by atomic mass is 16.5. The number of benzene rings is 1. The van der Waals surface area contributed by atoms with Gasteiger partial charge in [0.15, 0.2) is 0 Å². The molecule has 0 aliphatic carbocycles. The van der Waals surface area contributed by atoms with Crippen LogP contribution in [0.4, 0.5) is 0 Å². The normalized spacial score (nSPS) is 16.5. The highest BCUT2D eigenvalue weighted by molar-refractivity contribution is 5.79. The molecule has 1 amide bonds. The van der Waals surface area contributed by atoms with Crippen molar-refractivity contribution in [3.8, 4) is 5.75 Å². The van der Waals surface area contributed by atoms with E-state index in [1.165, 1.54) is 0 Å². The summed E-state index contributed by atoms with van der Waals surface area (Å²) in [6.45, 7) is 5.66. The average molecular weight is 314 g/mol. The Balaban J connectivity index is 1.44. The van der Waals surface area contributed by atoms with E-state index in [1.807, 2.05) is 42.8 Å². The fourth-order valence-electron chi connectivity index (χ4n) is 2.85. The van der Waals surface area contributed by atoms with E-state index in [4.69, 9.17) is 4.74 Å². The Morgan fingerprint density at radius 2 is 2.22 bits per heavy atom. The van der Waals surface area contributed by atoms with Crippen molar-refractivity contribution in [3.63, 3.8) is 0 Å². The number of ether oxygens (including phenoxy) is 1. The number of aromatic nitrogens is 3. The summed E-state index contributed by atoms with van der Waals surface area (Å²) < 4.78 is 7.54. The van der Waals surface area contributed by atoms with Crippen molar-refractivity contribution in [3.05, 3.63) is 41.5 Å². The number of carbonyl (C=O) groups excluding carboxylic acids is 1. The maximum Gasteiger partial charge on any atom is 0.226 e. The molecule has 1 unspecified atom stereocenters. The van der Waals surface area contributed by atoms with E-state index < -0.39 is 0 Å². The van der Waals surface area contributed by atoms with Crippen LogP contribution in [-0.4, -0.2) is 33.8 Å². The van der Waals surface area contributed by atoms with Crippen molar-refractivity contribution >= 4 is 5.91 Å². The molecule has 23 heavy (non-hydrogen) atoms. The summed E-state index contributed by atoms with van der Waals surface area (Å²) in [5.74, 6) is 2.54. The minimum Gasteiger partial charge on any atom is -0.492 e. The van der Waals surface area contributed by atoms with E-state index in [0.29, 0.717) is 13.2 Å². The second-order valence-corrected chi connectivity index (χ2v) is 5.89. The zero-order chi connectivity index (χ0) is 16.2. The number of aryl methyl sites for hydroxylation is 3. The van der Waals surface area contributed by atoms with E-state index in [1.54, 1.807) is 0 Å². The number of nitrogens with zero attached hydrogens (tertiary/aromatic N) is 3. The minimum atomic E-state index is -0.111. The number of fused-ring (bicyclic) bond motifs is 1. The zero-order valence-electron chi connectivity index (χ0n) is 13.6. The number of hydrogen-bond donors (Lipinski definition) is 1. The SMILES string of the molecule is Cc1nc(C)n(CCCNC(=O)C2COc3ccccc3C2)n1. The van der Waals surface area contributed by atoms with Crippen molar-refractivity contribution in [2.75, 3.05) is 13.2 Å². The second-order valence-electron chi connectivity index (χ2n) is 5.89. The summed E-state index contributed by atoms with van der Waals surface area (Å²) in [4.78, 5) is 16.5. The van der Waals surface area contributed by atoms with E-state index in [-0.39, 0.29) is 11.8 Å². The molecule has 6 nitrogen and oxygen atoms in total. The van der Waals surface area contributed by atoms with Crippen LogP contribution in [0.1, 0.15) is 23.6 Å².